The molecule has 1 amide bonds. The van der Waals surface area contributed by atoms with Gasteiger partial charge in [-0.25, -0.2) is 4.98 Å². The molecular formula is C23H15ClF3N3O. The van der Waals surface area contributed by atoms with E-state index in [4.69, 9.17) is 11.6 Å². The summed E-state index contributed by atoms with van der Waals surface area (Å²) in [7, 11) is 0. The van der Waals surface area contributed by atoms with Crippen LogP contribution in [-0.2, 0) is 12.7 Å². The average Bonchev–Trinajstić information content (AvgIpc) is 2.76. The van der Waals surface area contributed by atoms with Crippen LogP contribution in [0.15, 0.2) is 73.1 Å². The molecule has 4 rings (SSSR count). The molecule has 2 aromatic heterocycles. The van der Waals surface area contributed by atoms with Gasteiger partial charge >= 0.3 is 6.18 Å². The topological polar surface area (TPSA) is 54.9 Å². The average molecular weight is 442 g/mol. The van der Waals surface area contributed by atoms with Crippen molar-refractivity contribution in [2.75, 3.05) is 0 Å². The summed E-state index contributed by atoms with van der Waals surface area (Å²) < 4.78 is 38.8. The number of pyridine rings is 2. The number of carbonyl (C=O) groups excluding carboxylic acids is 1. The summed E-state index contributed by atoms with van der Waals surface area (Å²) in [5, 5.41) is 3.76. The predicted molar refractivity (Wildman–Crippen MR) is 113 cm³/mol. The van der Waals surface area contributed by atoms with Gasteiger partial charge in [0.05, 0.1) is 22.3 Å². The Kier molecular flexibility index (Phi) is 5.61. The maximum atomic E-state index is 12.9. The van der Waals surface area contributed by atoms with Crippen LogP contribution in [0.5, 0.6) is 0 Å². The summed E-state index contributed by atoms with van der Waals surface area (Å²) >= 11 is 6.08. The molecular weight excluding hydrogens is 427 g/mol. The summed E-state index contributed by atoms with van der Waals surface area (Å²) in [6.45, 7) is -0.0562. The molecule has 8 heteroatoms. The van der Waals surface area contributed by atoms with Crippen molar-refractivity contribution in [1.82, 2.24) is 15.3 Å². The number of amides is 1. The highest BCUT2D eigenvalue weighted by Crippen LogP contribution is 2.30. The van der Waals surface area contributed by atoms with Gasteiger partial charge in [0, 0.05) is 34.9 Å². The van der Waals surface area contributed by atoms with Gasteiger partial charge in [-0.05, 0) is 42.0 Å². The Balaban J connectivity index is 1.66. The molecule has 0 atom stereocenters. The third-order valence-corrected chi connectivity index (χ3v) is 4.92. The molecule has 4 aromatic rings. The number of hydrogen-bond acceptors (Lipinski definition) is 3. The van der Waals surface area contributed by atoms with E-state index in [0.29, 0.717) is 32.7 Å². The maximum absolute atomic E-state index is 12.9. The molecule has 0 aliphatic heterocycles. The lowest BCUT2D eigenvalue weighted by molar-refractivity contribution is -0.137. The largest absolute Gasteiger partial charge is 0.416 e. The molecule has 4 nitrogen and oxygen atoms in total. The Labute approximate surface area is 180 Å². The molecule has 0 saturated carbocycles. The standard InChI is InChI=1S/C23H15ClF3N3O/c24-17-6-2-4-15(10-17)21-11-18(19-13-28-8-7-20(19)30-21)22(31)29-12-14-3-1-5-16(9-14)23(25,26)27/h1-11,13H,12H2,(H,29,31). The number of rotatable bonds is 4. The highest BCUT2D eigenvalue weighted by Gasteiger charge is 2.30. The van der Waals surface area contributed by atoms with Gasteiger partial charge < -0.3 is 5.32 Å². The first-order chi connectivity index (χ1) is 14.8. The first-order valence-corrected chi connectivity index (χ1v) is 9.64. The summed E-state index contributed by atoms with van der Waals surface area (Å²) in [5.74, 6) is -0.443. The monoisotopic (exact) mass is 441 g/mol. The molecule has 0 spiro atoms. The fourth-order valence-electron chi connectivity index (χ4n) is 3.19. The smallest absolute Gasteiger partial charge is 0.348 e. The lowest BCUT2D eigenvalue weighted by Crippen LogP contribution is -2.23. The number of fused-ring (bicyclic) bond motifs is 1. The third-order valence-electron chi connectivity index (χ3n) is 4.68. The Morgan fingerprint density at radius 3 is 2.61 bits per heavy atom. The lowest BCUT2D eigenvalue weighted by atomic mass is 10.0. The summed E-state index contributed by atoms with van der Waals surface area (Å²) in [4.78, 5) is 21.6. The minimum absolute atomic E-state index is 0.0562. The molecule has 0 aliphatic rings. The van der Waals surface area contributed by atoms with Crippen molar-refractivity contribution >= 4 is 28.4 Å². The van der Waals surface area contributed by atoms with E-state index < -0.39 is 17.6 Å². The Hall–Kier alpha value is -3.45. The fourth-order valence-corrected chi connectivity index (χ4v) is 3.38. The van der Waals surface area contributed by atoms with Crippen LogP contribution in [0.3, 0.4) is 0 Å². The normalized spacial score (nSPS) is 11.5. The lowest BCUT2D eigenvalue weighted by Gasteiger charge is -2.12. The highest BCUT2D eigenvalue weighted by atomic mass is 35.5. The number of nitrogens with one attached hydrogen (secondary N) is 1. The molecule has 1 N–H and O–H groups in total. The van der Waals surface area contributed by atoms with Gasteiger partial charge in [0.15, 0.2) is 0 Å². The number of nitrogens with zero attached hydrogens (tertiary/aromatic N) is 2. The Bertz CT molecular complexity index is 1270. The minimum atomic E-state index is -4.45. The molecule has 0 radical (unpaired) electrons. The van der Waals surface area contributed by atoms with E-state index in [2.05, 4.69) is 15.3 Å². The van der Waals surface area contributed by atoms with Crippen LogP contribution in [-0.4, -0.2) is 15.9 Å². The number of carbonyl (C=O) groups is 1. The van der Waals surface area contributed by atoms with Crippen molar-refractivity contribution in [3.05, 3.63) is 94.8 Å². The van der Waals surface area contributed by atoms with Crippen LogP contribution in [0.4, 0.5) is 13.2 Å². The Morgan fingerprint density at radius 2 is 1.84 bits per heavy atom. The van der Waals surface area contributed by atoms with Gasteiger partial charge in [-0.1, -0.05) is 35.9 Å². The van der Waals surface area contributed by atoms with Crippen molar-refractivity contribution < 1.29 is 18.0 Å². The van der Waals surface area contributed by atoms with E-state index >= 15 is 0 Å². The number of benzene rings is 2. The minimum Gasteiger partial charge on any atom is -0.348 e. The van der Waals surface area contributed by atoms with Crippen molar-refractivity contribution in [3.8, 4) is 11.3 Å². The fraction of sp³-hybridized carbons (Fsp3) is 0.0870. The number of aromatic nitrogens is 2. The second-order valence-corrected chi connectivity index (χ2v) is 7.28. The van der Waals surface area contributed by atoms with Gasteiger partial charge in [0.1, 0.15) is 0 Å². The third kappa shape index (κ3) is 4.67. The van der Waals surface area contributed by atoms with Crippen molar-refractivity contribution in [2.24, 2.45) is 0 Å². The SMILES string of the molecule is O=C(NCc1cccc(C(F)(F)F)c1)c1cc(-c2cccc(Cl)c2)nc2ccncc12. The molecule has 2 aromatic carbocycles. The summed E-state index contributed by atoms with van der Waals surface area (Å²) in [5.41, 5.74) is 1.75. The molecule has 156 valence electrons. The van der Waals surface area contributed by atoms with Gasteiger partial charge in [-0.2, -0.15) is 13.2 Å². The highest BCUT2D eigenvalue weighted by molar-refractivity contribution is 6.30. The van der Waals surface area contributed by atoms with Crippen molar-refractivity contribution in [1.29, 1.82) is 0 Å². The van der Waals surface area contributed by atoms with E-state index in [0.717, 1.165) is 17.7 Å². The van der Waals surface area contributed by atoms with Gasteiger partial charge in [-0.3, -0.25) is 9.78 Å². The summed E-state index contributed by atoms with van der Waals surface area (Å²) in [6.07, 6.45) is -1.34. The molecule has 0 aliphatic carbocycles. The van der Waals surface area contributed by atoms with Gasteiger partial charge in [-0.15, -0.1) is 0 Å². The van der Waals surface area contributed by atoms with Crippen LogP contribution >= 0.6 is 11.6 Å². The maximum Gasteiger partial charge on any atom is 0.416 e. The zero-order chi connectivity index (χ0) is 22.0. The molecule has 0 bridgehead atoms. The van der Waals surface area contributed by atoms with Gasteiger partial charge in [0.2, 0.25) is 0 Å². The first kappa shape index (κ1) is 20.8. The van der Waals surface area contributed by atoms with Crippen LogP contribution in [0.2, 0.25) is 5.02 Å². The zero-order valence-corrected chi connectivity index (χ0v) is 16.7. The van der Waals surface area contributed by atoms with E-state index in [1.54, 1.807) is 36.5 Å². The van der Waals surface area contributed by atoms with Gasteiger partial charge in [0.25, 0.3) is 5.91 Å². The van der Waals surface area contributed by atoms with Crippen LogP contribution in [0.25, 0.3) is 22.2 Å². The zero-order valence-electron chi connectivity index (χ0n) is 15.9. The number of hydrogen-bond donors (Lipinski definition) is 1. The van der Waals surface area contributed by atoms with Crippen molar-refractivity contribution in [2.45, 2.75) is 12.7 Å². The van der Waals surface area contributed by atoms with Crippen LogP contribution in [0, 0.1) is 0 Å². The number of halogens is 4. The second-order valence-electron chi connectivity index (χ2n) is 6.84. The second kappa shape index (κ2) is 8.35. The van der Waals surface area contributed by atoms with Crippen LogP contribution in [0.1, 0.15) is 21.5 Å². The van der Waals surface area contributed by atoms with Crippen LogP contribution < -0.4 is 5.32 Å². The molecule has 0 unspecified atom stereocenters. The molecule has 0 saturated heterocycles. The van der Waals surface area contributed by atoms with Crippen molar-refractivity contribution in [3.63, 3.8) is 0 Å². The van der Waals surface area contributed by atoms with E-state index in [-0.39, 0.29) is 6.54 Å². The molecule has 2 heterocycles. The number of alkyl halides is 3. The Morgan fingerprint density at radius 1 is 1.03 bits per heavy atom. The van der Waals surface area contributed by atoms with E-state index in [9.17, 15) is 18.0 Å². The van der Waals surface area contributed by atoms with E-state index in [1.165, 1.54) is 18.3 Å². The predicted octanol–water partition coefficient (Wildman–Crippen LogP) is 5.90. The summed E-state index contributed by atoms with van der Waals surface area (Å²) in [6, 6.07) is 15.2. The quantitative estimate of drug-likeness (QED) is 0.429. The molecule has 0 fully saturated rings. The molecule has 31 heavy (non-hydrogen) atoms. The van der Waals surface area contributed by atoms with E-state index in [1.807, 2.05) is 6.07 Å². The first-order valence-electron chi connectivity index (χ1n) is 9.26.